The molecule has 64 valence electrons. The number of hydrogen-bond acceptors (Lipinski definition) is 4. The van der Waals surface area contributed by atoms with Gasteiger partial charge in [-0.15, -0.1) is 0 Å². The summed E-state index contributed by atoms with van der Waals surface area (Å²) in [4.78, 5) is 11.0. The largest absolute Gasteiger partial charge is 0.496 e. The van der Waals surface area contributed by atoms with Crippen LogP contribution in [0.2, 0.25) is 0 Å². The Labute approximate surface area is 75.9 Å². The van der Waals surface area contributed by atoms with Gasteiger partial charge in [-0.2, -0.15) is 0 Å². The zero-order chi connectivity index (χ0) is 8.97. The Kier molecular flexibility index (Phi) is 2.99. The molecule has 0 saturated carbocycles. The number of hydrogen-bond donors (Lipinski definition) is 1. The van der Waals surface area contributed by atoms with Gasteiger partial charge >= 0.3 is 5.97 Å². The number of methoxy groups -OCH3 is 1. The second kappa shape index (κ2) is 4.01. The van der Waals surface area contributed by atoms with E-state index in [1.807, 2.05) is 0 Å². The molecule has 0 heterocycles. The van der Waals surface area contributed by atoms with Crippen LogP contribution in [0.1, 0.15) is 10.4 Å². The van der Waals surface area contributed by atoms with E-state index in [1.54, 1.807) is 24.3 Å². The van der Waals surface area contributed by atoms with Gasteiger partial charge in [0.05, 0.1) is 7.11 Å². The lowest BCUT2D eigenvalue weighted by Crippen LogP contribution is -2.00. The fraction of sp³-hybridized carbons (Fsp3) is 0.125. The van der Waals surface area contributed by atoms with Crippen molar-refractivity contribution in [3.05, 3.63) is 29.8 Å². The number of rotatable bonds is 2. The third-order valence-corrected chi connectivity index (χ3v) is 1.58. The fourth-order valence-corrected chi connectivity index (χ4v) is 0.961. The van der Waals surface area contributed by atoms with E-state index in [-0.39, 0.29) is 0 Å². The molecular formula is C8H8O3S. The lowest BCUT2D eigenvalue weighted by atomic mass is 10.2. The van der Waals surface area contributed by atoms with E-state index in [4.69, 9.17) is 4.74 Å². The molecule has 0 aliphatic rings. The van der Waals surface area contributed by atoms with Crippen LogP contribution in [0.3, 0.4) is 0 Å². The van der Waals surface area contributed by atoms with Gasteiger partial charge in [-0.3, -0.25) is 0 Å². The van der Waals surface area contributed by atoms with E-state index in [0.717, 1.165) is 0 Å². The van der Waals surface area contributed by atoms with Crippen molar-refractivity contribution in [3.8, 4) is 5.75 Å². The summed E-state index contributed by atoms with van der Waals surface area (Å²) in [6, 6.07) is 6.79. The highest BCUT2D eigenvalue weighted by molar-refractivity contribution is 7.75. The number of thiol groups is 1. The zero-order valence-electron chi connectivity index (χ0n) is 6.48. The Morgan fingerprint density at radius 1 is 1.42 bits per heavy atom. The zero-order valence-corrected chi connectivity index (χ0v) is 7.38. The first-order valence-corrected chi connectivity index (χ1v) is 3.65. The van der Waals surface area contributed by atoms with Gasteiger partial charge in [0.25, 0.3) is 0 Å². The van der Waals surface area contributed by atoms with Crippen LogP contribution < -0.4 is 4.74 Å². The quantitative estimate of drug-likeness (QED) is 0.561. The monoisotopic (exact) mass is 184 g/mol. The summed E-state index contributed by atoms with van der Waals surface area (Å²) in [7, 11) is 1.49. The van der Waals surface area contributed by atoms with Crippen molar-refractivity contribution >= 4 is 18.9 Å². The smallest absolute Gasteiger partial charge is 0.353 e. The Balaban J connectivity index is 3.04. The van der Waals surface area contributed by atoms with Crippen LogP contribution in [-0.4, -0.2) is 13.1 Å². The third kappa shape index (κ3) is 1.71. The molecule has 0 aliphatic heterocycles. The molecule has 0 aliphatic carbocycles. The minimum absolute atomic E-state index is 0.370. The summed E-state index contributed by atoms with van der Waals surface area (Å²) >= 11 is 3.41. The summed E-state index contributed by atoms with van der Waals surface area (Å²) in [5.74, 6) is -0.0349. The highest BCUT2D eigenvalue weighted by Crippen LogP contribution is 2.18. The van der Waals surface area contributed by atoms with Crippen molar-refractivity contribution in [2.45, 2.75) is 0 Å². The predicted octanol–water partition coefficient (Wildman–Crippen LogP) is 1.70. The number of ether oxygens (including phenoxy) is 1. The van der Waals surface area contributed by atoms with Gasteiger partial charge in [-0.1, -0.05) is 12.1 Å². The molecule has 0 atom stereocenters. The number of carbonyl (C=O) groups excluding carboxylic acids is 1. The van der Waals surface area contributed by atoms with Crippen molar-refractivity contribution in [2.75, 3.05) is 7.11 Å². The molecule has 0 spiro atoms. The van der Waals surface area contributed by atoms with Crippen LogP contribution in [-0.2, 0) is 4.18 Å². The second-order valence-electron chi connectivity index (χ2n) is 2.08. The molecule has 0 aromatic heterocycles. The average molecular weight is 184 g/mol. The molecule has 3 nitrogen and oxygen atoms in total. The molecule has 0 amide bonds. The lowest BCUT2D eigenvalue weighted by Gasteiger charge is -2.03. The summed E-state index contributed by atoms with van der Waals surface area (Å²) in [5, 5.41) is 0. The fourth-order valence-electron chi connectivity index (χ4n) is 0.862. The minimum atomic E-state index is -0.518. The van der Waals surface area contributed by atoms with Gasteiger partial charge in [0, 0.05) is 12.9 Å². The van der Waals surface area contributed by atoms with Gasteiger partial charge in [0.2, 0.25) is 0 Å². The molecule has 0 radical (unpaired) electrons. The SMILES string of the molecule is COc1ccccc1C(=O)OS. The average Bonchev–Trinajstić information content (AvgIpc) is 2.16. The highest BCUT2D eigenvalue weighted by atomic mass is 32.1. The van der Waals surface area contributed by atoms with Crippen molar-refractivity contribution in [2.24, 2.45) is 0 Å². The summed E-state index contributed by atoms with van der Waals surface area (Å²) in [5.41, 5.74) is 0.370. The molecule has 0 saturated heterocycles. The molecule has 0 fully saturated rings. The van der Waals surface area contributed by atoms with E-state index < -0.39 is 5.97 Å². The molecule has 4 heteroatoms. The molecular weight excluding hydrogens is 176 g/mol. The second-order valence-corrected chi connectivity index (χ2v) is 2.26. The lowest BCUT2D eigenvalue weighted by molar-refractivity contribution is 0.0769. The third-order valence-electron chi connectivity index (χ3n) is 1.41. The molecule has 1 aromatic carbocycles. The first-order chi connectivity index (χ1) is 5.79. The summed E-state index contributed by atoms with van der Waals surface area (Å²) in [6.07, 6.45) is 0. The number of benzene rings is 1. The van der Waals surface area contributed by atoms with Gasteiger partial charge in [-0.25, -0.2) is 4.79 Å². The molecule has 0 N–H and O–H groups in total. The van der Waals surface area contributed by atoms with Gasteiger partial charge in [0.1, 0.15) is 11.3 Å². The van der Waals surface area contributed by atoms with E-state index in [0.29, 0.717) is 11.3 Å². The molecule has 1 rings (SSSR count). The van der Waals surface area contributed by atoms with Crippen molar-refractivity contribution in [1.29, 1.82) is 0 Å². The van der Waals surface area contributed by atoms with Crippen LogP contribution >= 0.6 is 12.9 Å². The van der Waals surface area contributed by atoms with Crippen molar-refractivity contribution in [3.63, 3.8) is 0 Å². The van der Waals surface area contributed by atoms with Gasteiger partial charge < -0.3 is 8.92 Å². The Bertz CT molecular complexity index is 285. The Morgan fingerprint density at radius 3 is 2.67 bits per heavy atom. The van der Waals surface area contributed by atoms with Gasteiger partial charge in [-0.05, 0) is 12.1 Å². The first-order valence-electron chi connectivity index (χ1n) is 3.28. The molecule has 1 aromatic rings. The number of carbonyl (C=O) groups is 1. The summed E-state index contributed by atoms with van der Waals surface area (Å²) in [6.45, 7) is 0. The minimum Gasteiger partial charge on any atom is -0.496 e. The maximum atomic E-state index is 11.0. The van der Waals surface area contributed by atoms with Crippen molar-refractivity contribution in [1.82, 2.24) is 0 Å². The topological polar surface area (TPSA) is 35.5 Å². The van der Waals surface area contributed by atoms with E-state index in [2.05, 4.69) is 17.1 Å². The number of para-hydroxylation sites is 1. The first kappa shape index (κ1) is 8.93. The standard InChI is InChI=1S/C8H8O3S/c1-10-7-5-3-2-4-6(7)8(9)11-12/h2-5,12H,1H3. The van der Waals surface area contributed by atoms with Gasteiger partial charge in [0.15, 0.2) is 0 Å². The molecule has 12 heavy (non-hydrogen) atoms. The highest BCUT2D eigenvalue weighted by Gasteiger charge is 2.10. The van der Waals surface area contributed by atoms with Crippen LogP contribution in [0.5, 0.6) is 5.75 Å². The van der Waals surface area contributed by atoms with E-state index in [1.165, 1.54) is 7.11 Å². The van der Waals surface area contributed by atoms with Crippen LogP contribution in [0.15, 0.2) is 24.3 Å². The Morgan fingerprint density at radius 2 is 2.08 bits per heavy atom. The maximum Gasteiger partial charge on any atom is 0.353 e. The van der Waals surface area contributed by atoms with E-state index in [9.17, 15) is 4.79 Å². The predicted molar refractivity (Wildman–Crippen MR) is 47.4 cm³/mol. The molecule has 0 unspecified atom stereocenters. The van der Waals surface area contributed by atoms with E-state index >= 15 is 0 Å². The Hall–Kier alpha value is -1.16. The van der Waals surface area contributed by atoms with Crippen LogP contribution in [0.4, 0.5) is 0 Å². The van der Waals surface area contributed by atoms with Crippen LogP contribution in [0.25, 0.3) is 0 Å². The van der Waals surface area contributed by atoms with Crippen LogP contribution in [0, 0.1) is 0 Å². The van der Waals surface area contributed by atoms with Crippen molar-refractivity contribution < 1.29 is 13.7 Å². The maximum absolute atomic E-state index is 11.0. The summed E-state index contributed by atoms with van der Waals surface area (Å²) < 4.78 is 9.19. The molecule has 0 bridgehead atoms. The normalized spacial score (nSPS) is 9.17.